The maximum absolute atomic E-state index is 2.58. The number of hydrogen-bond donors (Lipinski definition) is 0. The third kappa shape index (κ3) is 3.38. The average molecular weight is 948 g/mol. The fourth-order valence-corrected chi connectivity index (χ4v) is 17.3. The standard InChI is InChI=1S/C20H8I4S6/c1-5-3-7(21)11(25-5)13-9(23)15-17(27-13)19-20(29-15)18-16(30-19)10(24)14(28-18)12-8(22)4-6(2)26-12/h3-4H,1-2H3. The maximum Gasteiger partial charge on any atom is 0.0651 e. The van der Waals surface area contributed by atoms with Gasteiger partial charge < -0.3 is 0 Å². The number of aryl methyl sites for hydroxylation is 2. The summed E-state index contributed by atoms with van der Waals surface area (Å²) in [5, 5.41) is 0. The van der Waals surface area contributed by atoms with E-state index in [0.717, 1.165) is 0 Å². The Bertz CT molecular complexity index is 1490. The lowest BCUT2D eigenvalue weighted by atomic mass is 10.3. The number of halogens is 4. The van der Waals surface area contributed by atoms with Gasteiger partial charge in [0.25, 0.3) is 0 Å². The van der Waals surface area contributed by atoms with Crippen molar-refractivity contribution in [1.82, 2.24) is 0 Å². The van der Waals surface area contributed by atoms with Crippen LogP contribution in [0, 0.1) is 28.1 Å². The smallest absolute Gasteiger partial charge is 0.0651 e. The summed E-state index contributed by atoms with van der Waals surface area (Å²) in [5.74, 6) is 0. The van der Waals surface area contributed by atoms with Gasteiger partial charge in [-0.05, 0) is 116 Å². The molecule has 0 fully saturated rings. The van der Waals surface area contributed by atoms with E-state index < -0.39 is 0 Å². The molecule has 6 aromatic rings. The Kier molecular flexibility index (Phi) is 6.14. The number of hydrogen-bond acceptors (Lipinski definition) is 6. The predicted octanol–water partition coefficient (Wildman–Crippen LogP) is 11.9. The van der Waals surface area contributed by atoms with E-state index in [4.69, 9.17) is 0 Å². The minimum absolute atomic E-state index is 1.38. The first kappa shape index (κ1) is 22.4. The fourth-order valence-electron chi connectivity index (χ4n) is 3.44. The molecule has 6 rings (SSSR count). The van der Waals surface area contributed by atoms with E-state index in [-0.39, 0.29) is 0 Å². The fraction of sp³-hybridized carbons (Fsp3) is 0.100. The largest absolute Gasteiger partial charge is 0.139 e. The third-order valence-electron chi connectivity index (χ3n) is 4.68. The zero-order valence-corrected chi connectivity index (χ0v) is 28.6. The van der Waals surface area contributed by atoms with Crippen LogP contribution in [0.15, 0.2) is 12.1 Å². The van der Waals surface area contributed by atoms with Crippen LogP contribution in [0.1, 0.15) is 9.75 Å². The molecule has 0 bridgehead atoms. The van der Waals surface area contributed by atoms with Crippen molar-refractivity contribution in [1.29, 1.82) is 0 Å². The lowest BCUT2D eigenvalue weighted by Gasteiger charge is -1.96. The molecule has 0 saturated carbocycles. The highest BCUT2D eigenvalue weighted by Gasteiger charge is 2.25. The van der Waals surface area contributed by atoms with E-state index in [2.05, 4.69) is 116 Å². The minimum Gasteiger partial charge on any atom is -0.139 e. The molecule has 0 aliphatic rings. The number of thiophene rings is 6. The second kappa shape index (κ2) is 8.24. The molecule has 0 atom stereocenters. The van der Waals surface area contributed by atoms with Gasteiger partial charge in [-0.15, -0.1) is 68.0 Å². The van der Waals surface area contributed by atoms with Crippen LogP contribution in [-0.2, 0) is 0 Å². The molecule has 0 radical (unpaired) electrons. The summed E-state index contributed by atoms with van der Waals surface area (Å²) in [6.07, 6.45) is 0. The first-order valence-corrected chi connectivity index (χ1v) is 17.8. The van der Waals surface area contributed by atoms with Crippen LogP contribution < -0.4 is 0 Å². The summed E-state index contributed by atoms with van der Waals surface area (Å²) < 4.78 is 14.6. The van der Waals surface area contributed by atoms with Crippen LogP contribution in [0.5, 0.6) is 0 Å². The van der Waals surface area contributed by atoms with Gasteiger partial charge in [-0.3, -0.25) is 0 Å². The first-order valence-electron chi connectivity index (χ1n) is 8.61. The Morgan fingerprint density at radius 2 is 0.833 bits per heavy atom. The van der Waals surface area contributed by atoms with Gasteiger partial charge in [0.1, 0.15) is 0 Å². The van der Waals surface area contributed by atoms with Crippen molar-refractivity contribution >= 4 is 187 Å². The van der Waals surface area contributed by atoms with Gasteiger partial charge in [-0.25, -0.2) is 0 Å². The molecule has 6 aromatic heterocycles. The topological polar surface area (TPSA) is 0 Å². The van der Waals surface area contributed by atoms with Crippen molar-refractivity contribution in [2.45, 2.75) is 13.8 Å². The van der Waals surface area contributed by atoms with Crippen molar-refractivity contribution in [3.63, 3.8) is 0 Å². The Labute approximate surface area is 251 Å². The molecular weight excluding hydrogens is 940 g/mol. The molecule has 152 valence electrons. The van der Waals surface area contributed by atoms with Gasteiger partial charge in [0, 0.05) is 16.9 Å². The lowest BCUT2D eigenvalue weighted by molar-refractivity contribution is 1.62. The minimum atomic E-state index is 1.38. The highest BCUT2D eigenvalue weighted by atomic mass is 127. The van der Waals surface area contributed by atoms with Crippen molar-refractivity contribution < 1.29 is 0 Å². The van der Waals surface area contributed by atoms with Gasteiger partial charge in [0.2, 0.25) is 0 Å². The highest BCUT2D eigenvalue weighted by Crippen LogP contribution is 2.56. The van der Waals surface area contributed by atoms with E-state index in [1.54, 1.807) is 0 Å². The van der Waals surface area contributed by atoms with Crippen LogP contribution >= 0.6 is 158 Å². The van der Waals surface area contributed by atoms with Crippen molar-refractivity contribution in [3.8, 4) is 19.5 Å². The second-order valence-corrected chi connectivity index (χ2v) is 17.8. The highest BCUT2D eigenvalue weighted by molar-refractivity contribution is 14.1. The molecule has 0 amide bonds. The van der Waals surface area contributed by atoms with Gasteiger partial charge in [-0.2, -0.15) is 0 Å². The second-order valence-electron chi connectivity index (χ2n) is 6.74. The molecule has 0 N–H and O–H groups in total. The quantitative estimate of drug-likeness (QED) is 0.152. The van der Waals surface area contributed by atoms with Crippen LogP contribution in [0.4, 0.5) is 0 Å². The monoisotopic (exact) mass is 948 g/mol. The molecule has 10 heteroatoms. The van der Waals surface area contributed by atoms with Crippen molar-refractivity contribution in [2.75, 3.05) is 0 Å². The third-order valence-corrected chi connectivity index (χ3v) is 18.7. The molecule has 6 heterocycles. The zero-order valence-electron chi connectivity index (χ0n) is 15.1. The Morgan fingerprint density at radius 3 is 1.17 bits per heavy atom. The van der Waals surface area contributed by atoms with Crippen LogP contribution in [0.2, 0.25) is 0 Å². The van der Waals surface area contributed by atoms with E-state index in [0.29, 0.717) is 0 Å². The molecule has 0 aromatic carbocycles. The molecule has 0 nitrogen and oxygen atoms in total. The Morgan fingerprint density at radius 1 is 0.467 bits per heavy atom. The van der Waals surface area contributed by atoms with E-state index in [9.17, 15) is 0 Å². The number of rotatable bonds is 2. The summed E-state index contributed by atoms with van der Waals surface area (Å²) in [5.41, 5.74) is 0. The van der Waals surface area contributed by atoms with Crippen LogP contribution in [-0.4, -0.2) is 0 Å². The number of fused-ring (bicyclic) bond motifs is 5. The molecule has 0 spiro atoms. The average Bonchev–Trinajstić information content (AvgIpc) is 3.47. The summed E-state index contributed by atoms with van der Waals surface area (Å²) in [7, 11) is 0. The molecule has 0 aliphatic heterocycles. The van der Waals surface area contributed by atoms with Crippen LogP contribution in [0.25, 0.3) is 47.7 Å². The van der Waals surface area contributed by atoms with Crippen molar-refractivity contribution in [2.24, 2.45) is 0 Å². The predicted molar refractivity (Wildman–Crippen MR) is 177 cm³/mol. The van der Waals surface area contributed by atoms with Crippen LogP contribution in [0.3, 0.4) is 0 Å². The summed E-state index contributed by atoms with van der Waals surface area (Å²) in [6, 6.07) is 4.61. The summed E-state index contributed by atoms with van der Waals surface area (Å²) in [6.45, 7) is 4.42. The normalized spacial score (nSPS) is 12.3. The molecular formula is C20H8I4S6. The Balaban J connectivity index is 1.60. The van der Waals surface area contributed by atoms with Crippen molar-refractivity contribution in [3.05, 3.63) is 36.2 Å². The SMILES string of the molecule is Cc1cc(I)c(-c2sc3c(sc4c5sc(-c6sc(C)cc6I)c(I)c5sc34)c2I)s1. The zero-order chi connectivity index (χ0) is 20.9. The van der Waals surface area contributed by atoms with Gasteiger partial charge in [0.15, 0.2) is 0 Å². The van der Waals surface area contributed by atoms with Gasteiger partial charge >= 0.3 is 0 Å². The Hall–Kier alpha value is 1.90. The molecule has 30 heavy (non-hydrogen) atoms. The lowest BCUT2D eigenvalue weighted by Crippen LogP contribution is -1.72. The van der Waals surface area contributed by atoms with Gasteiger partial charge in [-0.1, -0.05) is 0 Å². The molecule has 0 saturated heterocycles. The van der Waals surface area contributed by atoms with E-state index in [1.807, 2.05) is 68.0 Å². The molecule has 0 unspecified atom stereocenters. The summed E-state index contributed by atoms with van der Waals surface area (Å²) >= 11 is 22.0. The first-order chi connectivity index (χ1) is 14.3. The van der Waals surface area contributed by atoms with E-state index >= 15 is 0 Å². The van der Waals surface area contributed by atoms with Gasteiger partial charge in [0.05, 0.1) is 54.8 Å². The maximum atomic E-state index is 2.58. The molecule has 0 aliphatic carbocycles. The summed E-state index contributed by atoms with van der Waals surface area (Å²) in [4.78, 5) is 8.58. The van der Waals surface area contributed by atoms with E-state index in [1.165, 1.54) is 71.7 Å².